The van der Waals surface area contributed by atoms with E-state index in [-0.39, 0.29) is 11.8 Å². The number of amides is 2. The molecule has 126 valence electrons. The fraction of sp³-hybridized carbons (Fsp3) is 0.389. The molecule has 2 amide bonds. The second-order valence-electron chi connectivity index (χ2n) is 6.18. The largest absolute Gasteiger partial charge is 0.324 e. The molecule has 2 heterocycles. The van der Waals surface area contributed by atoms with Crippen molar-refractivity contribution in [3.63, 3.8) is 0 Å². The van der Waals surface area contributed by atoms with Crippen LogP contribution in [0, 0.1) is 19.7 Å². The topological polar surface area (TPSA) is 58.1 Å². The average Bonchev–Trinajstić information content (AvgIpc) is 2.55. The molecular formula is C18H21FN4O. The molecule has 3 rings (SSSR count). The molecule has 1 saturated heterocycles. The first-order valence-electron chi connectivity index (χ1n) is 8.14. The van der Waals surface area contributed by atoms with Gasteiger partial charge in [-0.2, -0.15) is 0 Å². The Labute approximate surface area is 140 Å². The van der Waals surface area contributed by atoms with E-state index in [1.54, 1.807) is 30.2 Å². The van der Waals surface area contributed by atoms with E-state index >= 15 is 0 Å². The van der Waals surface area contributed by atoms with Gasteiger partial charge in [-0.05, 0) is 61.9 Å². The van der Waals surface area contributed by atoms with E-state index in [9.17, 15) is 9.18 Å². The summed E-state index contributed by atoms with van der Waals surface area (Å²) >= 11 is 0. The molecule has 0 radical (unpaired) electrons. The van der Waals surface area contributed by atoms with Crippen molar-refractivity contribution >= 4 is 11.8 Å². The molecule has 1 aromatic carbocycles. The minimum atomic E-state index is -0.201. The zero-order valence-electron chi connectivity index (χ0n) is 13.9. The fourth-order valence-corrected chi connectivity index (χ4v) is 3.21. The van der Waals surface area contributed by atoms with Crippen molar-refractivity contribution in [3.8, 4) is 0 Å². The number of halogens is 1. The predicted molar refractivity (Wildman–Crippen MR) is 90.5 cm³/mol. The van der Waals surface area contributed by atoms with Gasteiger partial charge in [0, 0.05) is 19.3 Å². The number of aryl methyl sites for hydroxylation is 2. The maximum absolute atomic E-state index is 13.2. The number of urea groups is 1. The van der Waals surface area contributed by atoms with Gasteiger partial charge in [0.05, 0.1) is 0 Å². The van der Waals surface area contributed by atoms with E-state index < -0.39 is 0 Å². The van der Waals surface area contributed by atoms with Gasteiger partial charge in [-0.1, -0.05) is 6.07 Å². The monoisotopic (exact) mass is 328 g/mol. The lowest BCUT2D eigenvalue weighted by Crippen LogP contribution is -2.40. The standard InChI is InChI=1S/C18H21FN4O/c1-12-11-15(19)3-4-16(12)14-6-9-23(10-7-14)18(24)22-17-5-8-20-13(2)21-17/h3-5,8,11,14H,6-7,9-10H2,1-2H3,(H,20,21,22,24). The van der Waals surface area contributed by atoms with E-state index in [0.29, 0.717) is 30.6 Å². The van der Waals surface area contributed by atoms with Crippen LogP contribution in [-0.4, -0.2) is 34.0 Å². The molecule has 6 heteroatoms. The van der Waals surface area contributed by atoms with Crippen LogP contribution in [0.1, 0.15) is 35.7 Å². The maximum atomic E-state index is 13.2. The quantitative estimate of drug-likeness (QED) is 0.915. The molecule has 5 nitrogen and oxygen atoms in total. The Bertz CT molecular complexity index is 742. The van der Waals surface area contributed by atoms with Crippen molar-refractivity contribution in [2.24, 2.45) is 0 Å². The zero-order chi connectivity index (χ0) is 17.1. The van der Waals surface area contributed by atoms with E-state index in [0.717, 1.165) is 18.4 Å². The van der Waals surface area contributed by atoms with Gasteiger partial charge in [0.2, 0.25) is 0 Å². The Morgan fingerprint density at radius 3 is 2.67 bits per heavy atom. The molecule has 0 atom stereocenters. The van der Waals surface area contributed by atoms with Crippen LogP contribution in [0.5, 0.6) is 0 Å². The number of piperidine rings is 1. The van der Waals surface area contributed by atoms with Gasteiger partial charge in [0.15, 0.2) is 0 Å². The summed E-state index contributed by atoms with van der Waals surface area (Å²) in [5.74, 6) is 1.31. The van der Waals surface area contributed by atoms with Crippen LogP contribution in [0.25, 0.3) is 0 Å². The number of carbonyl (C=O) groups excluding carboxylic acids is 1. The molecule has 1 aliphatic rings. The number of anilines is 1. The minimum absolute atomic E-state index is 0.137. The number of rotatable bonds is 2. The Morgan fingerprint density at radius 1 is 1.25 bits per heavy atom. The van der Waals surface area contributed by atoms with Gasteiger partial charge in [-0.25, -0.2) is 19.2 Å². The van der Waals surface area contributed by atoms with Gasteiger partial charge in [0.1, 0.15) is 17.5 Å². The number of nitrogens with one attached hydrogen (secondary N) is 1. The van der Waals surface area contributed by atoms with Crippen molar-refractivity contribution < 1.29 is 9.18 Å². The number of benzene rings is 1. The first kappa shape index (κ1) is 16.4. The van der Waals surface area contributed by atoms with Gasteiger partial charge >= 0.3 is 6.03 Å². The molecule has 1 aliphatic heterocycles. The van der Waals surface area contributed by atoms with Gasteiger partial charge in [-0.3, -0.25) is 5.32 Å². The van der Waals surface area contributed by atoms with Crippen LogP contribution in [0.3, 0.4) is 0 Å². The van der Waals surface area contributed by atoms with Gasteiger partial charge in [-0.15, -0.1) is 0 Å². The van der Waals surface area contributed by atoms with Crippen LogP contribution in [0.2, 0.25) is 0 Å². The maximum Gasteiger partial charge on any atom is 0.323 e. The Balaban J connectivity index is 1.59. The second kappa shape index (κ2) is 6.95. The highest BCUT2D eigenvalue weighted by molar-refractivity contribution is 5.88. The molecule has 24 heavy (non-hydrogen) atoms. The summed E-state index contributed by atoms with van der Waals surface area (Å²) in [5, 5.41) is 2.81. The Morgan fingerprint density at radius 2 is 2.00 bits per heavy atom. The molecule has 0 aliphatic carbocycles. The third kappa shape index (κ3) is 3.69. The van der Waals surface area contributed by atoms with Crippen molar-refractivity contribution in [1.29, 1.82) is 0 Å². The van der Waals surface area contributed by atoms with Gasteiger partial charge < -0.3 is 4.90 Å². The smallest absolute Gasteiger partial charge is 0.323 e. The highest BCUT2D eigenvalue weighted by atomic mass is 19.1. The van der Waals surface area contributed by atoms with Crippen molar-refractivity contribution in [2.75, 3.05) is 18.4 Å². The van der Waals surface area contributed by atoms with Crippen molar-refractivity contribution in [3.05, 3.63) is 53.2 Å². The Hall–Kier alpha value is -2.50. The van der Waals surface area contributed by atoms with E-state index in [1.807, 2.05) is 13.0 Å². The summed E-state index contributed by atoms with van der Waals surface area (Å²) < 4.78 is 13.2. The highest BCUT2D eigenvalue weighted by Crippen LogP contribution is 2.30. The summed E-state index contributed by atoms with van der Waals surface area (Å²) in [7, 11) is 0. The molecule has 1 aromatic heterocycles. The van der Waals surface area contributed by atoms with Gasteiger partial charge in [0.25, 0.3) is 0 Å². The van der Waals surface area contributed by atoms with Crippen LogP contribution >= 0.6 is 0 Å². The summed E-state index contributed by atoms with van der Waals surface area (Å²) in [6.45, 7) is 5.08. The summed E-state index contributed by atoms with van der Waals surface area (Å²) in [4.78, 5) is 22.3. The van der Waals surface area contributed by atoms with E-state index in [4.69, 9.17) is 0 Å². The lowest BCUT2D eigenvalue weighted by Gasteiger charge is -2.32. The predicted octanol–water partition coefficient (Wildman–Crippen LogP) is 3.64. The summed E-state index contributed by atoms with van der Waals surface area (Å²) in [6.07, 6.45) is 3.38. The van der Waals surface area contributed by atoms with Crippen LogP contribution in [0.15, 0.2) is 30.5 Å². The number of likely N-dealkylation sites (tertiary alicyclic amines) is 1. The number of hydrogen-bond acceptors (Lipinski definition) is 3. The van der Waals surface area contributed by atoms with Crippen LogP contribution in [0.4, 0.5) is 15.0 Å². The molecule has 2 aromatic rings. The third-order valence-electron chi connectivity index (χ3n) is 4.46. The van der Waals surface area contributed by atoms with Crippen molar-refractivity contribution in [1.82, 2.24) is 14.9 Å². The zero-order valence-corrected chi connectivity index (χ0v) is 13.9. The SMILES string of the molecule is Cc1nccc(NC(=O)N2CCC(c3ccc(F)cc3C)CC2)n1. The number of aromatic nitrogens is 2. The molecule has 0 saturated carbocycles. The minimum Gasteiger partial charge on any atom is -0.324 e. The number of hydrogen-bond donors (Lipinski definition) is 1. The third-order valence-corrected chi connectivity index (χ3v) is 4.46. The van der Waals surface area contributed by atoms with E-state index in [1.165, 1.54) is 11.6 Å². The normalized spacial score (nSPS) is 15.4. The summed E-state index contributed by atoms with van der Waals surface area (Å²) in [5.41, 5.74) is 2.16. The molecule has 0 unspecified atom stereocenters. The first-order chi connectivity index (χ1) is 11.5. The summed E-state index contributed by atoms with van der Waals surface area (Å²) in [6, 6.07) is 6.50. The first-order valence-corrected chi connectivity index (χ1v) is 8.14. The second-order valence-corrected chi connectivity index (χ2v) is 6.18. The molecule has 1 N–H and O–H groups in total. The molecule has 1 fully saturated rings. The lowest BCUT2D eigenvalue weighted by molar-refractivity contribution is 0.194. The Kier molecular flexibility index (Phi) is 4.74. The molecule has 0 bridgehead atoms. The number of nitrogens with zero attached hydrogens (tertiary/aromatic N) is 3. The fourth-order valence-electron chi connectivity index (χ4n) is 3.21. The highest BCUT2D eigenvalue weighted by Gasteiger charge is 2.25. The van der Waals surface area contributed by atoms with Crippen LogP contribution < -0.4 is 5.32 Å². The molecular weight excluding hydrogens is 307 g/mol. The molecule has 0 spiro atoms. The average molecular weight is 328 g/mol. The lowest BCUT2D eigenvalue weighted by atomic mass is 9.87. The van der Waals surface area contributed by atoms with Crippen molar-refractivity contribution in [2.45, 2.75) is 32.6 Å². The van der Waals surface area contributed by atoms with E-state index in [2.05, 4.69) is 15.3 Å². The van der Waals surface area contributed by atoms with Crippen LogP contribution in [-0.2, 0) is 0 Å². The number of carbonyl (C=O) groups is 1.